The number of likely N-dealkylation sites (tertiary alicyclic amines) is 1. The molecule has 2 fully saturated rings. The molecule has 27 heavy (non-hydrogen) atoms. The van der Waals surface area contributed by atoms with Crippen molar-refractivity contribution in [2.45, 2.75) is 58.1 Å². The minimum atomic E-state index is -0.578. The first-order valence-electron chi connectivity index (χ1n) is 9.64. The van der Waals surface area contributed by atoms with Crippen molar-refractivity contribution in [1.29, 1.82) is 0 Å². The molecule has 1 aromatic rings. The van der Waals surface area contributed by atoms with Crippen molar-refractivity contribution in [2.24, 2.45) is 5.41 Å². The van der Waals surface area contributed by atoms with Gasteiger partial charge in [-0.3, -0.25) is 14.5 Å². The first kappa shape index (κ1) is 18.0. The van der Waals surface area contributed by atoms with Gasteiger partial charge in [0, 0.05) is 13.1 Å². The first-order chi connectivity index (χ1) is 12.7. The number of rotatable bonds is 2. The van der Waals surface area contributed by atoms with Crippen molar-refractivity contribution in [2.75, 3.05) is 13.1 Å². The Morgan fingerprint density at radius 2 is 1.70 bits per heavy atom. The number of amides is 3. The maximum absolute atomic E-state index is 12.7. The molecule has 144 valence electrons. The third kappa shape index (κ3) is 3.33. The van der Waals surface area contributed by atoms with E-state index in [1.807, 2.05) is 20.8 Å². The fourth-order valence-electron chi connectivity index (χ4n) is 4.22. The van der Waals surface area contributed by atoms with Gasteiger partial charge in [-0.1, -0.05) is 12.1 Å². The van der Waals surface area contributed by atoms with E-state index in [1.54, 1.807) is 29.2 Å². The molecular weight excluding hydrogens is 344 g/mol. The highest BCUT2D eigenvalue weighted by Gasteiger charge is 2.51. The summed E-state index contributed by atoms with van der Waals surface area (Å²) in [6, 6.07) is 6.70. The van der Waals surface area contributed by atoms with Crippen LogP contribution in [0.5, 0.6) is 0 Å². The zero-order chi connectivity index (χ0) is 19.4. The van der Waals surface area contributed by atoms with Crippen LogP contribution >= 0.6 is 0 Å². The highest BCUT2D eigenvalue weighted by Crippen LogP contribution is 2.55. The van der Waals surface area contributed by atoms with Crippen molar-refractivity contribution in [3.63, 3.8) is 0 Å². The van der Waals surface area contributed by atoms with Crippen LogP contribution in [0.25, 0.3) is 0 Å². The predicted molar refractivity (Wildman–Crippen MR) is 99.4 cm³/mol. The molecule has 1 saturated heterocycles. The fraction of sp³-hybridized carbons (Fsp3) is 0.571. The lowest BCUT2D eigenvalue weighted by Gasteiger charge is -2.41. The second kappa shape index (κ2) is 6.08. The van der Waals surface area contributed by atoms with Crippen LogP contribution in [0.4, 0.5) is 4.79 Å². The van der Waals surface area contributed by atoms with Crippen LogP contribution in [0.3, 0.4) is 0 Å². The van der Waals surface area contributed by atoms with E-state index in [0.717, 1.165) is 25.7 Å². The zero-order valence-electron chi connectivity index (χ0n) is 16.2. The molecule has 3 amide bonds. The van der Waals surface area contributed by atoms with Crippen molar-refractivity contribution in [3.05, 3.63) is 35.4 Å². The molecule has 6 nitrogen and oxygen atoms in total. The van der Waals surface area contributed by atoms with Crippen LogP contribution in [0, 0.1) is 5.41 Å². The number of fused-ring (bicyclic) bond motifs is 1. The Bertz CT molecular complexity index is 772. The highest BCUT2D eigenvalue weighted by atomic mass is 16.6. The molecule has 1 unspecified atom stereocenters. The van der Waals surface area contributed by atoms with Crippen LogP contribution in [-0.4, -0.2) is 52.4 Å². The van der Waals surface area contributed by atoms with Gasteiger partial charge in [0.1, 0.15) is 5.60 Å². The largest absolute Gasteiger partial charge is 0.444 e. The fourth-order valence-corrected chi connectivity index (χ4v) is 4.22. The SMILES string of the molecule is CC(C)(C)OC(=O)N1CCC2(CC2)CC1CN1C(=O)c2ccccc2C1=O. The molecule has 1 aliphatic carbocycles. The maximum Gasteiger partial charge on any atom is 0.410 e. The third-order valence-electron chi connectivity index (χ3n) is 5.85. The van der Waals surface area contributed by atoms with Gasteiger partial charge < -0.3 is 9.64 Å². The highest BCUT2D eigenvalue weighted by molar-refractivity contribution is 6.21. The summed E-state index contributed by atoms with van der Waals surface area (Å²) >= 11 is 0. The normalized spacial score (nSPS) is 23.6. The van der Waals surface area contributed by atoms with E-state index in [2.05, 4.69) is 0 Å². The van der Waals surface area contributed by atoms with Crippen LogP contribution in [-0.2, 0) is 4.74 Å². The summed E-state index contributed by atoms with van der Waals surface area (Å²) in [6.45, 7) is 6.37. The second-order valence-electron chi connectivity index (χ2n) is 9.05. The average molecular weight is 370 g/mol. The van der Waals surface area contributed by atoms with Gasteiger partial charge in [-0.05, 0) is 64.0 Å². The predicted octanol–water partition coefficient (Wildman–Crippen LogP) is 3.46. The molecule has 3 aliphatic rings. The summed E-state index contributed by atoms with van der Waals surface area (Å²) in [6.07, 6.45) is 3.74. The number of benzene rings is 1. The van der Waals surface area contributed by atoms with Crippen molar-refractivity contribution in [1.82, 2.24) is 9.80 Å². The van der Waals surface area contributed by atoms with E-state index in [-0.39, 0.29) is 35.9 Å². The quantitative estimate of drug-likeness (QED) is 0.748. The Kier molecular flexibility index (Phi) is 4.05. The van der Waals surface area contributed by atoms with Gasteiger partial charge in [-0.2, -0.15) is 0 Å². The minimum absolute atomic E-state index is 0.196. The topological polar surface area (TPSA) is 66.9 Å². The van der Waals surface area contributed by atoms with Crippen molar-refractivity contribution in [3.8, 4) is 0 Å². The number of imide groups is 1. The van der Waals surface area contributed by atoms with Gasteiger partial charge in [-0.15, -0.1) is 0 Å². The smallest absolute Gasteiger partial charge is 0.410 e. The Morgan fingerprint density at radius 3 is 2.22 bits per heavy atom. The molecule has 1 aromatic carbocycles. The third-order valence-corrected chi connectivity index (χ3v) is 5.85. The Hall–Kier alpha value is -2.37. The summed E-state index contributed by atoms with van der Waals surface area (Å²) in [7, 11) is 0. The molecular formula is C21H26N2O4. The number of nitrogens with zero attached hydrogens (tertiary/aromatic N) is 2. The molecule has 0 radical (unpaired) electrons. The van der Waals surface area contributed by atoms with Crippen LogP contribution < -0.4 is 0 Å². The Balaban J connectivity index is 1.55. The maximum atomic E-state index is 12.7. The molecule has 0 N–H and O–H groups in total. The van der Waals surface area contributed by atoms with Gasteiger partial charge in [0.15, 0.2) is 0 Å². The molecule has 2 aliphatic heterocycles. The number of carbonyl (C=O) groups is 3. The monoisotopic (exact) mass is 370 g/mol. The van der Waals surface area contributed by atoms with Gasteiger partial charge in [-0.25, -0.2) is 4.79 Å². The van der Waals surface area contributed by atoms with E-state index in [1.165, 1.54) is 4.90 Å². The second-order valence-corrected chi connectivity index (χ2v) is 9.05. The summed E-state index contributed by atoms with van der Waals surface area (Å²) in [5.74, 6) is -0.537. The zero-order valence-corrected chi connectivity index (χ0v) is 16.2. The number of hydrogen-bond acceptors (Lipinski definition) is 4. The minimum Gasteiger partial charge on any atom is -0.444 e. The van der Waals surface area contributed by atoms with Crippen LogP contribution in [0.2, 0.25) is 0 Å². The molecule has 1 saturated carbocycles. The lowest BCUT2D eigenvalue weighted by Crippen LogP contribution is -2.53. The lowest BCUT2D eigenvalue weighted by molar-refractivity contribution is -0.00212. The molecule has 1 atom stereocenters. The molecule has 1 spiro atoms. The molecule has 4 rings (SSSR count). The van der Waals surface area contributed by atoms with Gasteiger partial charge in [0.25, 0.3) is 11.8 Å². The van der Waals surface area contributed by atoms with E-state index in [9.17, 15) is 14.4 Å². The van der Waals surface area contributed by atoms with Gasteiger partial charge in [0.2, 0.25) is 0 Å². The number of piperidine rings is 1. The van der Waals surface area contributed by atoms with Crippen LogP contribution in [0.15, 0.2) is 24.3 Å². The van der Waals surface area contributed by atoms with Gasteiger partial charge in [0.05, 0.1) is 17.2 Å². The standard InChI is InChI=1S/C21H26N2O4/c1-20(2,3)27-19(26)22-11-10-21(8-9-21)12-14(22)13-23-17(24)15-6-4-5-7-16(15)18(23)25/h4-7,14H,8-13H2,1-3H3. The number of carbonyl (C=O) groups excluding carboxylic acids is 3. The Morgan fingerprint density at radius 1 is 1.11 bits per heavy atom. The van der Waals surface area contributed by atoms with Crippen molar-refractivity contribution < 1.29 is 19.1 Å². The van der Waals surface area contributed by atoms with Crippen molar-refractivity contribution >= 4 is 17.9 Å². The van der Waals surface area contributed by atoms with E-state index in [4.69, 9.17) is 4.74 Å². The van der Waals surface area contributed by atoms with E-state index in [0.29, 0.717) is 17.7 Å². The number of hydrogen-bond donors (Lipinski definition) is 0. The van der Waals surface area contributed by atoms with Crippen LogP contribution in [0.1, 0.15) is 67.2 Å². The first-order valence-corrected chi connectivity index (χ1v) is 9.64. The summed E-state index contributed by atoms with van der Waals surface area (Å²) in [5.41, 5.74) is 0.597. The molecule has 2 heterocycles. The summed E-state index contributed by atoms with van der Waals surface area (Å²) in [5, 5.41) is 0. The van der Waals surface area contributed by atoms with Gasteiger partial charge >= 0.3 is 6.09 Å². The lowest BCUT2D eigenvalue weighted by atomic mass is 9.88. The molecule has 0 aromatic heterocycles. The molecule has 0 bridgehead atoms. The van der Waals surface area contributed by atoms with E-state index >= 15 is 0 Å². The summed E-state index contributed by atoms with van der Waals surface area (Å²) in [4.78, 5) is 41.2. The summed E-state index contributed by atoms with van der Waals surface area (Å²) < 4.78 is 5.57. The molecule has 6 heteroatoms. The average Bonchev–Trinajstić information content (AvgIpc) is 3.30. The number of ether oxygens (including phenoxy) is 1. The Labute approximate surface area is 159 Å². The van der Waals surface area contributed by atoms with E-state index < -0.39 is 5.60 Å².